The second-order valence-corrected chi connectivity index (χ2v) is 7.90. The number of carbonyl (C=O) groups is 1. The van der Waals surface area contributed by atoms with Crippen molar-refractivity contribution in [2.45, 2.75) is 63.5 Å². The molecule has 1 aliphatic carbocycles. The Bertz CT molecular complexity index is 772. The van der Waals surface area contributed by atoms with Gasteiger partial charge >= 0.3 is 0 Å². The third-order valence-electron chi connectivity index (χ3n) is 5.32. The highest BCUT2D eigenvalue weighted by molar-refractivity contribution is 6.39. The molecule has 1 atom stereocenters. The van der Waals surface area contributed by atoms with Crippen molar-refractivity contribution in [1.82, 2.24) is 15.3 Å². The van der Waals surface area contributed by atoms with Gasteiger partial charge < -0.3 is 15.1 Å². The Morgan fingerprint density at radius 2 is 2.00 bits per heavy atom. The molecule has 27 heavy (non-hydrogen) atoms. The van der Waals surface area contributed by atoms with Crippen molar-refractivity contribution in [3.63, 3.8) is 0 Å². The molecule has 2 aliphatic heterocycles. The molecule has 1 aromatic heterocycles. The van der Waals surface area contributed by atoms with Crippen LogP contribution in [0.3, 0.4) is 0 Å². The van der Waals surface area contributed by atoms with Gasteiger partial charge in [0.15, 0.2) is 5.60 Å². The molecule has 0 unspecified atom stereocenters. The molecule has 1 spiro atoms. The van der Waals surface area contributed by atoms with Crippen LogP contribution in [0.5, 0.6) is 0 Å². The number of aromatic nitrogens is 2. The monoisotopic (exact) mass is 379 g/mol. The van der Waals surface area contributed by atoms with Gasteiger partial charge in [-0.25, -0.2) is 18.7 Å². The van der Waals surface area contributed by atoms with E-state index in [1.165, 1.54) is 0 Å². The standard InChI is InChI=1S/C18H23F2N5O2/c1-11-6-12(2)22-16(21-11)25-5-3-4-17(10-25)9-14(24-27-17)15(26)23-13-7-18(19,20)8-13/h6,13H,3-5,7-10H2,1-2H3,(H,23,26)/t17-/m1/s1. The van der Waals surface area contributed by atoms with Crippen LogP contribution in [0.4, 0.5) is 14.7 Å². The predicted octanol–water partition coefficient (Wildman–Crippen LogP) is 2.12. The molecule has 4 rings (SSSR count). The van der Waals surface area contributed by atoms with Crippen LogP contribution in [0.25, 0.3) is 0 Å². The van der Waals surface area contributed by atoms with E-state index in [1.807, 2.05) is 19.9 Å². The van der Waals surface area contributed by atoms with Crippen LogP contribution in [0.15, 0.2) is 11.2 Å². The summed E-state index contributed by atoms with van der Waals surface area (Å²) in [7, 11) is 0. The highest BCUT2D eigenvalue weighted by Gasteiger charge is 2.48. The van der Waals surface area contributed by atoms with Crippen molar-refractivity contribution in [1.29, 1.82) is 0 Å². The summed E-state index contributed by atoms with van der Waals surface area (Å²) < 4.78 is 25.9. The minimum Gasteiger partial charge on any atom is -0.386 e. The Labute approximate surface area is 156 Å². The Kier molecular flexibility index (Phi) is 4.27. The summed E-state index contributed by atoms with van der Waals surface area (Å²) >= 11 is 0. The number of alkyl halides is 2. The zero-order valence-corrected chi connectivity index (χ0v) is 15.5. The van der Waals surface area contributed by atoms with Crippen molar-refractivity contribution in [2.75, 3.05) is 18.0 Å². The zero-order valence-electron chi connectivity index (χ0n) is 15.5. The van der Waals surface area contributed by atoms with E-state index in [-0.39, 0.29) is 18.6 Å². The maximum atomic E-state index is 12.9. The number of nitrogens with zero attached hydrogens (tertiary/aromatic N) is 4. The number of amides is 1. The lowest BCUT2D eigenvalue weighted by Gasteiger charge is -2.38. The number of nitrogens with one attached hydrogen (secondary N) is 1. The van der Waals surface area contributed by atoms with Gasteiger partial charge in [0, 0.05) is 43.2 Å². The van der Waals surface area contributed by atoms with Gasteiger partial charge in [-0.15, -0.1) is 0 Å². The van der Waals surface area contributed by atoms with E-state index in [2.05, 4.69) is 25.3 Å². The Morgan fingerprint density at radius 1 is 1.30 bits per heavy atom. The van der Waals surface area contributed by atoms with Gasteiger partial charge in [0.05, 0.1) is 6.54 Å². The van der Waals surface area contributed by atoms with E-state index in [9.17, 15) is 13.6 Å². The second kappa shape index (κ2) is 6.38. The van der Waals surface area contributed by atoms with Gasteiger partial charge in [-0.1, -0.05) is 5.16 Å². The summed E-state index contributed by atoms with van der Waals surface area (Å²) in [6.07, 6.45) is 1.39. The van der Waals surface area contributed by atoms with Crippen molar-refractivity contribution in [3.8, 4) is 0 Å². The predicted molar refractivity (Wildman–Crippen MR) is 94.9 cm³/mol. The van der Waals surface area contributed by atoms with Crippen molar-refractivity contribution < 1.29 is 18.4 Å². The summed E-state index contributed by atoms with van der Waals surface area (Å²) in [6.45, 7) is 5.21. The highest BCUT2D eigenvalue weighted by atomic mass is 19.3. The van der Waals surface area contributed by atoms with Crippen LogP contribution in [-0.2, 0) is 9.63 Å². The summed E-state index contributed by atoms with van der Waals surface area (Å²) in [5.41, 5.74) is 1.49. The van der Waals surface area contributed by atoms with E-state index >= 15 is 0 Å². The van der Waals surface area contributed by atoms with Crippen LogP contribution in [0, 0.1) is 13.8 Å². The van der Waals surface area contributed by atoms with Gasteiger partial charge in [0.2, 0.25) is 5.95 Å². The fraction of sp³-hybridized carbons (Fsp3) is 0.667. The van der Waals surface area contributed by atoms with Crippen molar-refractivity contribution >= 4 is 17.6 Å². The van der Waals surface area contributed by atoms with Gasteiger partial charge in [0.25, 0.3) is 11.8 Å². The summed E-state index contributed by atoms with van der Waals surface area (Å²) in [5, 5.41) is 6.60. The number of rotatable bonds is 3. The van der Waals surface area contributed by atoms with Crippen LogP contribution in [0.2, 0.25) is 0 Å². The second-order valence-electron chi connectivity index (χ2n) is 7.90. The Balaban J connectivity index is 1.39. The summed E-state index contributed by atoms with van der Waals surface area (Å²) in [5.74, 6) is -2.42. The first-order valence-corrected chi connectivity index (χ1v) is 9.25. The molecule has 1 N–H and O–H groups in total. The molecule has 1 amide bonds. The van der Waals surface area contributed by atoms with Crippen LogP contribution < -0.4 is 10.2 Å². The quantitative estimate of drug-likeness (QED) is 0.870. The van der Waals surface area contributed by atoms with Gasteiger partial charge in [-0.2, -0.15) is 0 Å². The molecular weight excluding hydrogens is 356 g/mol. The molecule has 2 fully saturated rings. The van der Waals surface area contributed by atoms with Crippen LogP contribution >= 0.6 is 0 Å². The minimum absolute atomic E-state index is 0.272. The fourth-order valence-electron chi connectivity index (χ4n) is 4.01. The molecule has 146 valence electrons. The number of aryl methyl sites for hydroxylation is 2. The van der Waals surface area contributed by atoms with E-state index in [1.54, 1.807) is 0 Å². The van der Waals surface area contributed by atoms with Gasteiger partial charge in [0.1, 0.15) is 5.71 Å². The van der Waals surface area contributed by atoms with E-state index in [4.69, 9.17) is 4.84 Å². The van der Waals surface area contributed by atoms with Gasteiger partial charge in [-0.05, 0) is 32.8 Å². The molecule has 0 bridgehead atoms. The molecule has 1 aromatic rings. The first-order valence-electron chi connectivity index (χ1n) is 9.25. The molecule has 1 saturated heterocycles. The lowest BCUT2D eigenvalue weighted by Crippen LogP contribution is -2.53. The average molecular weight is 379 g/mol. The summed E-state index contributed by atoms with van der Waals surface area (Å²) in [6, 6.07) is 1.43. The number of hydrogen-bond donors (Lipinski definition) is 1. The van der Waals surface area contributed by atoms with Crippen molar-refractivity contribution in [3.05, 3.63) is 17.5 Å². The zero-order chi connectivity index (χ0) is 19.2. The first kappa shape index (κ1) is 18.1. The molecule has 0 aromatic carbocycles. The molecule has 1 saturated carbocycles. The number of anilines is 1. The molecular formula is C18H23F2N5O2. The van der Waals surface area contributed by atoms with E-state index in [0.717, 1.165) is 30.8 Å². The molecule has 3 heterocycles. The maximum absolute atomic E-state index is 12.9. The highest BCUT2D eigenvalue weighted by Crippen LogP contribution is 2.38. The third kappa shape index (κ3) is 3.72. The number of hydrogen-bond acceptors (Lipinski definition) is 6. The SMILES string of the molecule is Cc1cc(C)nc(N2CCC[C@@]3(CC(C(=O)NC4CC(F)(F)C4)=NO3)C2)n1. The van der Waals surface area contributed by atoms with Crippen LogP contribution in [-0.4, -0.2) is 52.2 Å². The lowest BCUT2D eigenvalue weighted by atomic mass is 9.86. The van der Waals surface area contributed by atoms with Crippen LogP contribution in [0.1, 0.15) is 43.5 Å². The van der Waals surface area contributed by atoms with E-state index in [0.29, 0.717) is 18.9 Å². The molecule has 7 nitrogen and oxygen atoms in total. The summed E-state index contributed by atoms with van der Waals surface area (Å²) in [4.78, 5) is 29.1. The van der Waals surface area contributed by atoms with E-state index < -0.39 is 23.5 Å². The third-order valence-corrected chi connectivity index (χ3v) is 5.32. The van der Waals surface area contributed by atoms with Crippen molar-refractivity contribution in [2.24, 2.45) is 5.16 Å². The fourth-order valence-corrected chi connectivity index (χ4v) is 4.01. The molecule has 9 heteroatoms. The van der Waals surface area contributed by atoms with Gasteiger partial charge in [-0.3, -0.25) is 4.79 Å². The maximum Gasteiger partial charge on any atom is 0.269 e. The largest absolute Gasteiger partial charge is 0.386 e. The number of oxime groups is 1. The number of carbonyl (C=O) groups excluding carboxylic acids is 1. The Morgan fingerprint density at radius 3 is 2.67 bits per heavy atom. The lowest BCUT2D eigenvalue weighted by molar-refractivity contribution is -0.123. The number of piperidine rings is 1. The minimum atomic E-state index is -2.66. The first-order chi connectivity index (χ1) is 12.7. The average Bonchev–Trinajstić information content (AvgIpc) is 2.96. The number of halogens is 2. The smallest absolute Gasteiger partial charge is 0.269 e. The topological polar surface area (TPSA) is 79.7 Å². The molecule has 3 aliphatic rings. The molecule has 0 radical (unpaired) electrons. The normalized spacial score (nSPS) is 27.1. The Hall–Kier alpha value is -2.32.